The Morgan fingerprint density at radius 3 is 2.51 bits per heavy atom. The summed E-state index contributed by atoms with van der Waals surface area (Å²) >= 11 is 0. The summed E-state index contributed by atoms with van der Waals surface area (Å²) in [6.45, 7) is 2.70. The highest BCUT2D eigenvalue weighted by Crippen LogP contribution is 2.35. The molecule has 3 aliphatic rings. The highest BCUT2D eigenvalue weighted by atomic mass is 32.2. The van der Waals surface area contributed by atoms with Crippen LogP contribution in [0.3, 0.4) is 0 Å². The Hall–Kier alpha value is -3.08. The van der Waals surface area contributed by atoms with E-state index < -0.39 is 27.9 Å². The predicted molar refractivity (Wildman–Crippen MR) is 153 cm³/mol. The summed E-state index contributed by atoms with van der Waals surface area (Å²) in [5, 5.41) is 28.3. The van der Waals surface area contributed by atoms with Gasteiger partial charge in [-0.25, -0.2) is 13.4 Å². The molecule has 15 heteroatoms. The molecule has 2 atom stereocenters. The van der Waals surface area contributed by atoms with E-state index in [1.54, 1.807) is 16.9 Å². The number of likely N-dealkylation sites (tertiary alicyclic amines) is 1. The molecule has 232 valence electrons. The first-order valence-electron chi connectivity index (χ1n) is 14.2. The molecule has 5 heterocycles. The van der Waals surface area contributed by atoms with Gasteiger partial charge in [0.05, 0.1) is 30.2 Å². The van der Waals surface area contributed by atoms with E-state index in [1.807, 2.05) is 6.07 Å². The van der Waals surface area contributed by atoms with Crippen molar-refractivity contribution in [1.82, 2.24) is 24.0 Å². The van der Waals surface area contributed by atoms with E-state index in [-0.39, 0.29) is 30.7 Å². The number of sulfonamides is 1. The standard InChI is InChI=1S/C28H34F3N7O4S/c1-43(41,42)35-14-10-24-23(17-35)26(19-4-6-20(7-5-19)28(29,30)31)33-37(24)16-22(39)15-34-12-8-21(9-13-34)36-18-38(40)25-3-2-11-32-27(25)36/h2-7,11,21-22,38-39H,8-10,12-18H2,1H3. The summed E-state index contributed by atoms with van der Waals surface area (Å²) in [6.07, 6.45) is -0.395. The molecule has 3 aromatic rings. The zero-order valence-electron chi connectivity index (χ0n) is 23.7. The number of aliphatic hydroxyl groups is 1. The normalized spacial score (nSPS) is 21.2. The highest BCUT2D eigenvalue weighted by molar-refractivity contribution is 7.88. The fraction of sp³-hybridized carbons (Fsp3) is 0.500. The van der Waals surface area contributed by atoms with E-state index in [9.17, 15) is 31.9 Å². The van der Waals surface area contributed by atoms with E-state index in [2.05, 4.69) is 19.9 Å². The first-order valence-corrected chi connectivity index (χ1v) is 16.1. The van der Waals surface area contributed by atoms with Crippen LogP contribution in [-0.2, 0) is 35.7 Å². The van der Waals surface area contributed by atoms with Gasteiger partial charge < -0.3 is 25.2 Å². The molecular formula is C28H34F3N7O4S. The highest BCUT2D eigenvalue weighted by Gasteiger charge is 2.36. The third-order valence-corrected chi connectivity index (χ3v) is 9.83. The number of anilines is 1. The Kier molecular flexibility index (Phi) is 7.98. The predicted octanol–water partition coefficient (Wildman–Crippen LogP) is 1.60. The second kappa shape index (κ2) is 11.4. The molecule has 11 nitrogen and oxygen atoms in total. The van der Waals surface area contributed by atoms with Crippen molar-refractivity contribution in [2.75, 3.05) is 44.0 Å². The lowest BCUT2D eigenvalue weighted by Crippen LogP contribution is -3.01. The van der Waals surface area contributed by atoms with E-state index in [4.69, 9.17) is 0 Å². The molecule has 0 aliphatic carbocycles. The average molecular weight is 622 g/mol. The number of fused-ring (bicyclic) bond motifs is 2. The van der Waals surface area contributed by atoms with Crippen LogP contribution in [0.15, 0.2) is 42.6 Å². The van der Waals surface area contributed by atoms with Gasteiger partial charge in [0.1, 0.15) is 0 Å². The maximum Gasteiger partial charge on any atom is 0.416 e. The lowest BCUT2D eigenvalue weighted by Gasteiger charge is -2.37. The van der Waals surface area contributed by atoms with Gasteiger partial charge in [0.25, 0.3) is 0 Å². The topological polar surface area (TPSA) is 122 Å². The average Bonchev–Trinajstić information content (AvgIpc) is 3.50. The lowest BCUT2D eigenvalue weighted by atomic mass is 10.0. The summed E-state index contributed by atoms with van der Waals surface area (Å²) in [5.74, 6) is 0.743. The Labute approximate surface area is 247 Å². The van der Waals surface area contributed by atoms with Gasteiger partial charge >= 0.3 is 6.18 Å². The van der Waals surface area contributed by atoms with Crippen LogP contribution in [0.1, 0.15) is 29.7 Å². The van der Waals surface area contributed by atoms with Crippen LogP contribution >= 0.6 is 0 Å². The van der Waals surface area contributed by atoms with Crippen LogP contribution in [0, 0.1) is 5.21 Å². The number of halogens is 3. The number of pyridine rings is 1. The van der Waals surface area contributed by atoms with Crippen molar-refractivity contribution in [2.45, 2.75) is 50.7 Å². The van der Waals surface area contributed by atoms with Gasteiger partial charge in [-0.15, -0.1) is 0 Å². The molecule has 0 bridgehead atoms. The van der Waals surface area contributed by atoms with Crippen LogP contribution in [0.25, 0.3) is 11.3 Å². The number of aromatic nitrogens is 3. The molecule has 2 unspecified atom stereocenters. The minimum Gasteiger partial charge on any atom is -0.627 e. The first kappa shape index (κ1) is 30.0. The molecule has 3 aliphatic heterocycles. The van der Waals surface area contributed by atoms with Gasteiger partial charge in [-0.2, -0.15) is 22.6 Å². The van der Waals surface area contributed by atoms with Crippen molar-refractivity contribution in [3.05, 3.63) is 64.6 Å². The Bertz CT molecular complexity index is 1570. The van der Waals surface area contributed by atoms with Crippen LogP contribution in [0.5, 0.6) is 0 Å². The third-order valence-electron chi connectivity index (χ3n) is 8.58. The Morgan fingerprint density at radius 1 is 1.12 bits per heavy atom. The number of nitrogens with zero attached hydrogens (tertiary/aromatic N) is 6. The second-order valence-electron chi connectivity index (χ2n) is 11.5. The van der Waals surface area contributed by atoms with Crippen molar-refractivity contribution in [1.29, 1.82) is 0 Å². The molecule has 2 aromatic heterocycles. The van der Waals surface area contributed by atoms with Crippen LogP contribution < -0.4 is 9.96 Å². The zero-order valence-corrected chi connectivity index (χ0v) is 24.5. The monoisotopic (exact) mass is 621 g/mol. The van der Waals surface area contributed by atoms with Crippen molar-refractivity contribution in [3.8, 4) is 11.3 Å². The summed E-state index contributed by atoms with van der Waals surface area (Å²) in [5.41, 5.74) is 2.16. The van der Waals surface area contributed by atoms with E-state index in [1.165, 1.54) is 16.4 Å². The minimum absolute atomic E-state index is 0.0606. The number of nitrogens with one attached hydrogen (secondary N) is 1. The summed E-state index contributed by atoms with van der Waals surface area (Å²) in [6, 6.07) is 8.44. The lowest BCUT2D eigenvalue weighted by molar-refractivity contribution is -0.768. The van der Waals surface area contributed by atoms with Crippen molar-refractivity contribution < 1.29 is 31.8 Å². The number of quaternary nitrogens is 1. The molecule has 6 rings (SSSR count). The van der Waals surface area contributed by atoms with Gasteiger partial charge in [0.15, 0.2) is 18.2 Å². The largest absolute Gasteiger partial charge is 0.627 e. The van der Waals surface area contributed by atoms with Crippen LogP contribution in [0.4, 0.5) is 24.7 Å². The Balaban J connectivity index is 1.15. The van der Waals surface area contributed by atoms with Gasteiger partial charge in [-0.3, -0.25) is 4.68 Å². The van der Waals surface area contributed by atoms with Crippen LogP contribution in [-0.4, -0.2) is 88.7 Å². The molecule has 1 saturated heterocycles. The maximum atomic E-state index is 13.1. The number of hydroxylamine groups is 1. The number of rotatable bonds is 7. The van der Waals surface area contributed by atoms with Crippen LogP contribution in [0.2, 0.25) is 0 Å². The third kappa shape index (κ3) is 6.14. The van der Waals surface area contributed by atoms with Crippen molar-refractivity contribution in [2.24, 2.45) is 0 Å². The molecule has 1 aromatic carbocycles. The van der Waals surface area contributed by atoms with Crippen molar-refractivity contribution >= 4 is 21.5 Å². The molecule has 0 amide bonds. The molecule has 0 spiro atoms. The molecular weight excluding hydrogens is 587 g/mol. The fourth-order valence-corrected chi connectivity index (χ4v) is 7.16. The van der Waals surface area contributed by atoms with Gasteiger partial charge in [0, 0.05) is 74.3 Å². The first-order chi connectivity index (χ1) is 20.4. The maximum absolute atomic E-state index is 13.1. The number of piperidine rings is 1. The molecule has 0 saturated carbocycles. The number of aliphatic hydroxyl groups excluding tert-OH is 1. The van der Waals surface area contributed by atoms with E-state index >= 15 is 0 Å². The van der Waals surface area contributed by atoms with E-state index in [0.717, 1.165) is 55.8 Å². The number of alkyl halides is 3. The summed E-state index contributed by atoms with van der Waals surface area (Å²) in [4.78, 5) is 8.69. The minimum atomic E-state index is -4.48. The summed E-state index contributed by atoms with van der Waals surface area (Å²) < 4.78 is 67.0. The smallest absolute Gasteiger partial charge is 0.416 e. The molecule has 2 N–H and O–H groups in total. The molecule has 1 fully saturated rings. The summed E-state index contributed by atoms with van der Waals surface area (Å²) in [7, 11) is -3.49. The number of hydrogen-bond donors (Lipinski definition) is 2. The quantitative estimate of drug-likeness (QED) is 0.382. The molecule has 43 heavy (non-hydrogen) atoms. The van der Waals surface area contributed by atoms with Crippen molar-refractivity contribution in [3.63, 3.8) is 0 Å². The van der Waals surface area contributed by atoms with Gasteiger partial charge in [0.2, 0.25) is 10.0 Å². The van der Waals surface area contributed by atoms with E-state index in [0.29, 0.717) is 42.1 Å². The zero-order chi connectivity index (χ0) is 30.5. The second-order valence-corrected chi connectivity index (χ2v) is 13.5. The van der Waals surface area contributed by atoms with Gasteiger partial charge in [-0.05, 0) is 31.0 Å². The fourth-order valence-electron chi connectivity index (χ4n) is 6.38. The van der Waals surface area contributed by atoms with Gasteiger partial charge in [-0.1, -0.05) is 12.1 Å². The molecule has 0 radical (unpaired) electrons. The number of hydrogen-bond acceptors (Lipinski definition) is 8. The number of β-amino-alcohol motifs (C(OH)–C–C–N with tert-alkyl or cyclic N) is 1. The Morgan fingerprint density at radius 2 is 1.84 bits per heavy atom. The SMILES string of the molecule is CS(=O)(=O)N1CCc2c(c(-c3ccc(C(F)(F)F)cc3)nn2CC(O)CN2CCC(N3C[NH+]([O-])c4cccnc43)CC2)C1. The number of benzene rings is 1.